The molecule has 0 N–H and O–H groups in total. The Balaban J connectivity index is 1.71. The summed E-state index contributed by atoms with van der Waals surface area (Å²) in [5.74, 6) is 1.06. The van der Waals surface area contributed by atoms with Crippen molar-refractivity contribution in [1.29, 1.82) is 0 Å². The number of fused-ring (bicyclic) bond motifs is 1. The first-order valence-corrected chi connectivity index (χ1v) is 10.9. The van der Waals surface area contributed by atoms with Gasteiger partial charge in [-0.25, -0.2) is 4.98 Å². The summed E-state index contributed by atoms with van der Waals surface area (Å²) >= 11 is 0. The van der Waals surface area contributed by atoms with Crippen LogP contribution in [0.25, 0.3) is 28.0 Å². The van der Waals surface area contributed by atoms with Crippen LogP contribution in [0.15, 0.2) is 71.5 Å². The Bertz CT molecular complexity index is 1380. The van der Waals surface area contributed by atoms with Crippen LogP contribution in [0.3, 0.4) is 0 Å². The number of benzene rings is 3. The van der Waals surface area contributed by atoms with Gasteiger partial charge >= 0.3 is 0 Å². The number of hydrogen-bond acceptors (Lipinski definition) is 4. The molecule has 6 nitrogen and oxygen atoms in total. The molecular formula is C26H23N3O3. The molecule has 1 saturated carbocycles. The Morgan fingerprint density at radius 3 is 2.41 bits per heavy atom. The first kappa shape index (κ1) is 20.1. The van der Waals surface area contributed by atoms with Crippen molar-refractivity contribution in [2.24, 2.45) is 0 Å². The Morgan fingerprint density at radius 2 is 1.72 bits per heavy atom. The van der Waals surface area contributed by atoms with E-state index >= 15 is 0 Å². The molecule has 1 fully saturated rings. The van der Waals surface area contributed by atoms with E-state index in [2.05, 4.69) is 12.1 Å². The highest BCUT2D eigenvalue weighted by atomic mass is 16.6. The highest BCUT2D eigenvalue weighted by molar-refractivity contribution is 5.80. The molecule has 0 unspecified atom stereocenters. The van der Waals surface area contributed by atoms with Crippen molar-refractivity contribution in [3.8, 4) is 17.1 Å². The van der Waals surface area contributed by atoms with Gasteiger partial charge in [0.05, 0.1) is 21.5 Å². The van der Waals surface area contributed by atoms with Crippen LogP contribution in [0.1, 0.15) is 42.7 Å². The fraction of sp³-hybridized carbons (Fsp3) is 0.231. The molecular weight excluding hydrogens is 402 g/mol. The minimum absolute atomic E-state index is 0.0457. The summed E-state index contributed by atoms with van der Waals surface area (Å²) < 4.78 is 1.61. The lowest BCUT2D eigenvalue weighted by Crippen LogP contribution is -2.22. The maximum Gasteiger partial charge on any atom is 0.272 e. The van der Waals surface area contributed by atoms with Crippen LogP contribution in [0.5, 0.6) is 0 Å². The summed E-state index contributed by atoms with van der Waals surface area (Å²) in [7, 11) is 0. The fourth-order valence-electron chi connectivity index (χ4n) is 4.72. The fourth-order valence-corrected chi connectivity index (χ4v) is 4.72. The van der Waals surface area contributed by atoms with Crippen molar-refractivity contribution in [2.75, 3.05) is 0 Å². The van der Waals surface area contributed by atoms with Gasteiger partial charge in [-0.3, -0.25) is 19.5 Å². The average molecular weight is 425 g/mol. The molecule has 0 amide bonds. The maximum absolute atomic E-state index is 13.5. The Kier molecular flexibility index (Phi) is 5.05. The molecule has 0 saturated heterocycles. The van der Waals surface area contributed by atoms with Crippen molar-refractivity contribution >= 4 is 16.6 Å². The number of hydrogen-bond donors (Lipinski definition) is 0. The quantitative estimate of drug-likeness (QED) is 0.300. The Hall–Kier alpha value is -3.80. The van der Waals surface area contributed by atoms with Gasteiger partial charge in [-0.05, 0) is 67.6 Å². The highest BCUT2D eigenvalue weighted by Gasteiger charge is 2.19. The monoisotopic (exact) mass is 425 g/mol. The number of aryl methyl sites for hydroxylation is 1. The van der Waals surface area contributed by atoms with E-state index in [1.807, 2.05) is 30.3 Å². The number of rotatable bonds is 4. The molecule has 5 rings (SSSR count). The number of para-hydroxylation sites is 1. The van der Waals surface area contributed by atoms with Crippen LogP contribution < -0.4 is 5.56 Å². The van der Waals surface area contributed by atoms with Gasteiger partial charge in [0.2, 0.25) is 0 Å². The van der Waals surface area contributed by atoms with E-state index in [1.165, 1.54) is 37.3 Å². The van der Waals surface area contributed by atoms with Crippen LogP contribution in [-0.4, -0.2) is 14.5 Å². The van der Waals surface area contributed by atoms with E-state index in [0.717, 1.165) is 5.69 Å². The molecule has 3 aromatic carbocycles. The molecule has 0 radical (unpaired) electrons. The van der Waals surface area contributed by atoms with E-state index in [4.69, 9.17) is 4.98 Å². The summed E-state index contributed by atoms with van der Waals surface area (Å²) in [6.07, 6.45) is 4.96. The van der Waals surface area contributed by atoms with Crippen molar-refractivity contribution in [3.05, 3.63) is 98.3 Å². The zero-order chi connectivity index (χ0) is 22.2. The van der Waals surface area contributed by atoms with Gasteiger partial charge in [-0.2, -0.15) is 0 Å². The Labute approximate surface area is 185 Å². The van der Waals surface area contributed by atoms with Gasteiger partial charge in [0, 0.05) is 17.2 Å². The third kappa shape index (κ3) is 3.47. The summed E-state index contributed by atoms with van der Waals surface area (Å²) in [4.78, 5) is 29.2. The van der Waals surface area contributed by atoms with Gasteiger partial charge in [-0.1, -0.05) is 37.1 Å². The molecule has 0 bridgehead atoms. The first-order chi connectivity index (χ1) is 15.5. The lowest BCUT2D eigenvalue weighted by molar-refractivity contribution is -0.385. The minimum atomic E-state index is -0.401. The number of nitrogens with zero attached hydrogens (tertiary/aromatic N) is 3. The van der Waals surface area contributed by atoms with Crippen molar-refractivity contribution < 1.29 is 4.92 Å². The van der Waals surface area contributed by atoms with E-state index in [-0.39, 0.29) is 11.2 Å². The summed E-state index contributed by atoms with van der Waals surface area (Å²) in [5, 5.41) is 11.8. The van der Waals surface area contributed by atoms with Crippen LogP contribution in [0.4, 0.5) is 5.69 Å². The minimum Gasteiger partial charge on any atom is -0.268 e. The third-order valence-corrected chi connectivity index (χ3v) is 6.41. The number of nitro groups is 1. The molecule has 0 atom stereocenters. The SMILES string of the molecule is Cc1cc(-c2nc3ccccc3c(=O)n2-c2ccc(C3CCCC3)cc2)ccc1[N+](=O)[O-]. The van der Waals surface area contributed by atoms with E-state index < -0.39 is 4.92 Å². The molecule has 4 aromatic rings. The highest BCUT2D eigenvalue weighted by Crippen LogP contribution is 2.34. The molecule has 1 heterocycles. The molecule has 32 heavy (non-hydrogen) atoms. The standard InChI is InChI=1S/C26H23N3O3/c1-17-16-20(12-15-24(17)29(31)32)25-27-23-9-5-4-8-22(23)26(30)28(25)21-13-10-19(11-14-21)18-6-2-3-7-18/h4-5,8-16,18H,2-3,6-7H2,1H3. The van der Waals surface area contributed by atoms with E-state index in [9.17, 15) is 14.9 Å². The molecule has 6 heteroatoms. The van der Waals surface area contributed by atoms with Gasteiger partial charge in [0.25, 0.3) is 11.2 Å². The average Bonchev–Trinajstić information content (AvgIpc) is 3.34. The van der Waals surface area contributed by atoms with Crippen LogP contribution in [0, 0.1) is 17.0 Å². The second kappa shape index (κ2) is 8.04. The van der Waals surface area contributed by atoms with Crippen LogP contribution in [-0.2, 0) is 0 Å². The van der Waals surface area contributed by atoms with Gasteiger partial charge in [0.1, 0.15) is 5.82 Å². The van der Waals surface area contributed by atoms with Crippen LogP contribution >= 0.6 is 0 Å². The number of aromatic nitrogens is 2. The summed E-state index contributed by atoms with van der Waals surface area (Å²) in [6.45, 7) is 1.70. The smallest absolute Gasteiger partial charge is 0.268 e. The second-order valence-corrected chi connectivity index (χ2v) is 8.42. The largest absolute Gasteiger partial charge is 0.272 e. The normalized spacial score (nSPS) is 14.2. The van der Waals surface area contributed by atoms with Gasteiger partial charge < -0.3 is 0 Å². The number of nitro benzene ring substituents is 1. The molecule has 1 aliphatic carbocycles. The summed E-state index contributed by atoms with van der Waals surface area (Å²) in [6, 6.07) is 20.3. The van der Waals surface area contributed by atoms with Crippen molar-refractivity contribution in [3.63, 3.8) is 0 Å². The maximum atomic E-state index is 13.5. The lowest BCUT2D eigenvalue weighted by Gasteiger charge is -2.16. The van der Waals surface area contributed by atoms with E-state index in [1.54, 1.807) is 29.7 Å². The zero-order valence-electron chi connectivity index (χ0n) is 17.8. The molecule has 1 aromatic heterocycles. The molecule has 1 aliphatic rings. The molecule has 0 aliphatic heterocycles. The summed E-state index contributed by atoms with van der Waals surface area (Å²) in [5.41, 5.74) is 3.72. The molecule has 160 valence electrons. The zero-order valence-corrected chi connectivity index (χ0v) is 17.8. The van der Waals surface area contributed by atoms with Gasteiger partial charge in [0.15, 0.2) is 0 Å². The predicted molar refractivity (Wildman–Crippen MR) is 125 cm³/mol. The van der Waals surface area contributed by atoms with E-state index in [0.29, 0.717) is 33.8 Å². The Morgan fingerprint density at radius 1 is 1.00 bits per heavy atom. The van der Waals surface area contributed by atoms with Crippen LogP contribution in [0.2, 0.25) is 0 Å². The van der Waals surface area contributed by atoms with Crippen molar-refractivity contribution in [2.45, 2.75) is 38.5 Å². The second-order valence-electron chi connectivity index (χ2n) is 8.42. The third-order valence-electron chi connectivity index (χ3n) is 6.41. The first-order valence-electron chi connectivity index (χ1n) is 10.9. The topological polar surface area (TPSA) is 78.0 Å². The molecule has 0 spiro atoms. The predicted octanol–water partition coefficient (Wildman–Crippen LogP) is 5.93. The van der Waals surface area contributed by atoms with Crippen molar-refractivity contribution in [1.82, 2.24) is 9.55 Å². The van der Waals surface area contributed by atoms with Gasteiger partial charge in [-0.15, -0.1) is 0 Å². The lowest BCUT2D eigenvalue weighted by atomic mass is 9.97.